The molecule has 0 unspecified atom stereocenters. The molecule has 4 aliphatic carbocycles. The van der Waals surface area contributed by atoms with E-state index in [1.807, 2.05) is 12.1 Å². The van der Waals surface area contributed by atoms with Crippen LogP contribution in [0.5, 0.6) is 23.0 Å². The van der Waals surface area contributed by atoms with Crippen LogP contribution in [0.1, 0.15) is 152 Å². The monoisotopic (exact) mass is 957 g/mol. The first-order valence-corrected chi connectivity index (χ1v) is 26.8. The third kappa shape index (κ3) is 12.7. The first kappa shape index (κ1) is 51.8. The summed E-state index contributed by atoms with van der Waals surface area (Å²) in [4.78, 5) is 0. The molecule has 0 amide bonds. The molecule has 0 radical (unpaired) electrons. The van der Waals surface area contributed by atoms with Gasteiger partial charge in [-0.25, -0.2) is 0 Å². The van der Waals surface area contributed by atoms with Crippen molar-refractivity contribution in [3.8, 4) is 45.3 Å². The fraction of sp³-hybridized carbons (Fsp3) is 0.446. The Hall–Kier alpha value is -5.56. The minimum absolute atomic E-state index is 0.131. The van der Waals surface area contributed by atoms with E-state index in [-0.39, 0.29) is 19.0 Å². The van der Waals surface area contributed by atoms with E-state index in [1.165, 1.54) is 96.0 Å². The smallest absolute Gasteiger partial charge is 0.188 e. The highest BCUT2D eigenvalue weighted by molar-refractivity contribution is 5.93. The molecule has 0 saturated heterocycles. The molecule has 0 spiro atoms. The van der Waals surface area contributed by atoms with Crippen molar-refractivity contribution in [1.29, 1.82) is 0 Å². The first-order chi connectivity index (χ1) is 34.6. The summed E-state index contributed by atoms with van der Waals surface area (Å²) in [5.74, 6) is 3.20. The maximum atomic E-state index is 6.91. The van der Waals surface area contributed by atoms with Gasteiger partial charge in [-0.1, -0.05) is 88.4 Å². The molecule has 0 atom stereocenters. The van der Waals surface area contributed by atoms with E-state index < -0.39 is 0 Å². The number of allylic oxidation sites excluding steroid dienone is 10. The second kappa shape index (κ2) is 24.7. The van der Waals surface area contributed by atoms with Gasteiger partial charge in [-0.15, -0.1) is 0 Å². The Morgan fingerprint density at radius 3 is 1.28 bits per heavy atom. The first-order valence-electron chi connectivity index (χ1n) is 26.8. The third-order valence-corrected chi connectivity index (χ3v) is 14.7. The number of benzene rings is 4. The Kier molecular flexibility index (Phi) is 18.0. The maximum Gasteiger partial charge on any atom is 0.188 e. The molecular weight excluding hydrogens is 877 g/mol. The normalized spacial score (nSPS) is 19.9. The summed E-state index contributed by atoms with van der Waals surface area (Å²) in [5, 5.41) is 0. The van der Waals surface area contributed by atoms with Gasteiger partial charge in [0.05, 0.1) is 13.2 Å². The van der Waals surface area contributed by atoms with Crippen LogP contribution in [0.15, 0.2) is 132 Å². The van der Waals surface area contributed by atoms with Crippen LogP contribution < -0.4 is 18.9 Å². The predicted octanol–water partition coefficient (Wildman–Crippen LogP) is 17.6. The average Bonchev–Trinajstić information content (AvgIpc) is 3.37. The minimum atomic E-state index is -0.380. The molecule has 71 heavy (non-hydrogen) atoms. The van der Waals surface area contributed by atoms with Crippen LogP contribution in [0.25, 0.3) is 33.4 Å². The molecule has 6 heteroatoms. The zero-order chi connectivity index (χ0) is 49.7. The number of rotatable bonds is 16. The van der Waals surface area contributed by atoms with Gasteiger partial charge in [0.2, 0.25) is 0 Å². The Morgan fingerprint density at radius 1 is 0.451 bits per heavy atom. The van der Waals surface area contributed by atoms with Gasteiger partial charge in [-0.3, -0.25) is 0 Å². The molecule has 4 aromatic rings. The molecular formula is C65H80O6. The van der Waals surface area contributed by atoms with E-state index in [0.717, 1.165) is 132 Å². The minimum Gasteiger partial charge on any atom is -0.492 e. The number of fused-ring (bicyclic) bond motifs is 2. The summed E-state index contributed by atoms with van der Waals surface area (Å²) in [6, 6.07) is 25.8. The molecule has 8 rings (SSSR count). The summed E-state index contributed by atoms with van der Waals surface area (Å²) in [6.45, 7) is 19.4. The van der Waals surface area contributed by atoms with Crippen molar-refractivity contribution in [3.05, 3.63) is 154 Å². The average molecular weight is 957 g/mol. The quantitative estimate of drug-likeness (QED) is 0.104. The number of aryl methyl sites for hydroxylation is 2. The summed E-state index contributed by atoms with van der Waals surface area (Å²) in [6.07, 6.45) is 25.6. The molecule has 0 heterocycles. The lowest BCUT2D eigenvalue weighted by Gasteiger charge is -2.29. The zero-order valence-electron chi connectivity index (χ0n) is 44.0. The molecule has 2 saturated carbocycles. The van der Waals surface area contributed by atoms with Gasteiger partial charge >= 0.3 is 0 Å². The van der Waals surface area contributed by atoms with Gasteiger partial charge < -0.3 is 28.4 Å². The third-order valence-electron chi connectivity index (χ3n) is 14.7. The molecule has 4 aromatic carbocycles. The fourth-order valence-corrected chi connectivity index (χ4v) is 11.2. The van der Waals surface area contributed by atoms with Crippen molar-refractivity contribution in [2.75, 3.05) is 41.0 Å². The van der Waals surface area contributed by atoms with E-state index in [1.54, 1.807) is 14.2 Å². The molecule has 376 valence electrons. The van der Waals surface area contributed by atoms with Crippen LogP contribution in [0.4, 0.5) is 0 Å². The van der Waals surface area contributed by atoms with Crippen LogP contribution in [-0.2, 0) is 9.47 Å². The van der Waals surface area contributed by atoms with Crippen molar-refractivity contribution in [2.24, 2.45) is 5.41 Å². The highest BCUT2D eigenvalue weighted by atomic mass is 16.7. The van der Waals surface area contributed by atoms with E-state index in [0.29, 0.717) is 13.2 Å². The number of methoxy groups -OCH3 is 2. The lowest BCUT2D eigenvalue weighted by atomic mass is 9.79. The van der Waals surface area contributed by atoms with E-state index in [2.05, 4.69) is 101 Å². The van der Waals surface area contributed by atoms with Crippen molar-refractivity contribution in [3.63, 3.8) is 0 Å². The topological polar surface area (TPSA) is 55.4 Å². The molecule has 4 aliphatic rings. The van der Waals surface area contributed by atoms with Gasteiger partial charge in [0, 0.05) is 53.0 Å². The highest BCUT2D eigenvalue weighted by Gasteiger charge is 2.29. The van der Waals surface area contributed by atoms with Gasteiger partial charge in [0.25, 0.3) is 0 Å². The van der Waals surface area contributed by atoms with Gasteiger partial charge in [-0.2, -0.15) is 0 Å². The Bertz CT molecular complexity index is 2490. The number of hydrogen-bond donors (Lipinski definition) is 0. The second-order valence-electron chi connectivity index (χ2n) is 21.2. The summed E-state index contributed by atoms with van der Waals surface area (Å²) < 4.78 is 38.4. The Labute approximate surface area is 426 Å². The molecule has 6 nitrogen and oxygen atoms in total. The van der Waals surface area contributed by atoms with Crippen molar-refractivity contribution >= 4 is 11.1 Å². The number of hydrogen-bond acceptors (Lipinski definition) is 6. The van der Waals surface area contributed by atoms with Crippen LogP contribution in [0, 0.1) is 19.3 Å². The SMILES string of the molecule is C=C1CCCCC/C=C2/CCCCC2=C1c1cc(C)cc(-c2ccccc2OCC(C)(C)COc2ccccc2-c2cc(C)cc(/C3=C4\CCCC\C4=C\CCCCCC3=C)c2OCOC)c1OCOC. The van der Waals surface area contributed by atoms with Crippen LogP contribution in [-0.4, -0.2) is 41.0 Å². The zero-order valence-corrected chi connectivity index (χ0v) is 44.0. The molecule has 2 fully saturated rings. The van der Waals surface area contributed by atoms with E-state index in [4.69, 9.17) is 41.6 Å². The van der Waals surface area contributed by atoms with Crippen molar-refractivity contribution in [1.82, 2.24) is 0 Å². The Morgan fingerprint density at radius 2 is 0.845 bits per heavy atom. The van der Waals surface area contributed by atoms with Gasteiger partial charge in [0.1, 0.15) is 23.0 Å². The lowest BCUT2D eigenvalue weighted by molar-refractivity contribution is 0.0511. The molecule has 0 aromatic heterocycles. The van der Waals surface area contributed by atoms with Gasteiger partial charge in [0.15, 0.2) is 13.6 Å². The highest BCUT2D eigenvalue weighted by Crippen LogP contribution is 2.50. The molecule has 0 N–H and O–H groups in total. The summed E-state index contributed by atoms with van der Waals surface area (Å²) >= 11 is 0. The van der Waals surface area contributed by atoms with E-state index >= 15 is 0 Å². The maximum absolute atomic E-state index is 6.91. The van der Waals surface area contributed by atoms with Crippen LogP contribution >= 0.6 is 0 Å². The lowest BCUT2D eigenvalue weighted by Crippen LogP contribution is -2.29. The van der Waals surface area contributed by atoms with Crippen LogP contribution in [0.2, 0.25) is 0 Å². The van der Waals surface area contributed by atoms with Crippen LogP contribution in [0.3, 0.4) is 0 Å². The largest absolute Gasteiger partial charge is 0.492 e. The number of ether oxygens (including phenoxy) is 6. The second-order valence-corrected chi connectivity index (χ2v) is 21.2. The fourth-order valence-electron chi connectivity index (χ4n) is 11.2. The van der Waals surface area contributed by atoms with Crippen molar-refractivity contribution in [2.45, 2.75) is 143 Å². The van der Waals surface area contributed by atoms with E-state index in [9.17, 15) is 0 Å². The van der Waals surface area contributed by atoms with Crippen molar-refractivity contribution < 1.29 is 28.4 Å². The summed E-state index contributed by atoms with van der Waals surface area (Å²) in [7, 11) is 3.37. The predicted molar refractivity (Wildman–Crippen MR) is 294 cm³/mol. The standard InChI is InChI=1S/C65H80O6/c1-45-37-55(63(70-43-66-7)57(39-45)61-47(3)25-13-9-11-15-27-49-29-17-19-31-51(49)61)53-33-21-23-35-59(53)68-41-65(5,6)42-69-60-36-24-22-34-54(60)56-38-46(2)40-58(64(56)71-44-67-8)62-48(4)26-14-10-12-16-28-50-30-18-20-32-52(50)62/h21-24,27-28,33-40H,3-4,9-20,25-26,29-32,41-44H2,1-2,5-8H3/b49-27-,50-28-,61-51+,62-52?. The number of para-hydroxylation sites is 2. The Balaban J connectivity index is 1.11. The molecule has 0 bridgehead atoms. The van der Waals surface area contributed by atoms with Gasteiger partial charge in [-0.05, 0) is 209 Å². The molecule has 0 aliphatic heterocycles. The summed E-state index contributed by atoms with van der Waals surface area (Å²) in [5.41, 5.74) is 18.8.